The van der Waals surface area contributed by atoms with Gasteiger partial charge in [0.2, 0.25) is 0 Å². The first kappa shape index (κ1) is 17.9. The van der Waals surface area contributed by atoms with Gasteiger partial charge in [-0.1, -0.05) is 0 Å². The predicted molar refractivity (Wildman–Crippen MR) is 98.8 cm³/mol. The lowest BCUT2D eigenvalue weighted by molar-refractivity contribution is -0.880. The second-order valence-corrected chi connectivity index (χ2v) is 6.36. The van der Waals surface area contributed by atoms with Crippen LogP contribution in [-0.4, -0.2) is 57.2 Å². The fourth-order valence-corrected chi connectivity index (χ4v) is 2.98. The fraction of sp³-hybridized carbons (Fsp3) is 0.316. The number of piperazine rings is 1. The second-order valence-electron chi connectivity index (χ2n) is 6.36. The molecular weight excluding hydrogens is 332 g/mol. The summed E-state index contributed by atoms with van der Waals surface area (Å²) < 4.78 is 4.80. The van der Waals surface area contributed by atoms with E-state index in [1.807, 2.05) is 6.07 Å². The van der Waals surface area contributed by atoms with Gasteiger partial charge in [0, 0.05) is 12.4 Å². The molecule has 3 rings (SSSR count). The van der Waals surface area contributed by atoms with E-state index in [0.29, 0.717) is 16.8 Å². The van der Waals surface area contributed by atoms with Crippen molar-refractivity contribution in [2.24, 2.45) is 0 Å². The number of anilines is 2. The highest BCUT2D eigenvalue weighted by Crippen LogP contribution is 2.28. The molecule has 0 spiro atoms. The average Bonchev–Trinajstić information content (AvgIpc) is 2.68. The van der Waals surface area contributed by atoms with E-state index in [4.69, 9.17) is 4.74 Å². The zero-order chi connectivity index (χ0) is 18.5. The van der Waals surface area contributed by atoms with Crippen LogP contribution in [0, 0.1) is 0 Å². The van der Waals surface area contributed by atoms with Gasteiger partial charge in [0.15, 0.2) is 0 Å². The molecule has 1 aromatic heterocycles. The Hall–Kier alpha value is -2.93. The Morgan fingerprint density at radius 2 is 1.96 bits per heavy atom. The number of nitrogens with zero attached hydrogens (tertiary/aromatic N) is 2. The van der Waals surface area contributed by atoms with Crippen molar-refractivity contribution in [2.75, 3.05) is 50.6 Å². The first-order valence-corrected chi connectivity index (χ1v) is 8.58. The number of esters is 1. The number of carbonyl (C=O) groups excluding carboxylic acids is 2. The van der Waals surface area contributed by atoms with Crippen molar-refractivity contribution in [3.05, 3.63) is 53.9 Å². The first-order chi connectivity index (χ1) is 12.6. The van der Waals surface area contributed by atoms with Crippen LogP contribution in [-0.2, 0) is 4.74 Å². The van der Waals surface area contributed by atoms with Crippen molar-refractivity contribution >= 4 is 23.3 Å². The summed E-state index contributed by atoms with van der Waals surface area (Å²) in [4.78, 5) is 32.1. The van der Waals surface area contributed by atoms with Crippen molar-refractivity contribution < 1.29 is 19.2 Å². The maximum absolute atomic E-state index is 12.6. The van der Waals surface area contributed by atoms with Crippen LogP contribution in [0.5, 0.6) is 0 Å². The van der Waals surface area contributed by atoms with Gasteiger partial charge in [-0.25, -0.2) is 4.79 Å². The molecule has 136 valence electrons. The summed E-state index contributed by atoms with van der Waals surface area (Å²) in [5.41, 5.74) is 2.37. The zero-order valence-electron chi connectivity index (χ0n) is 15.0. The Labute approximate surface area is 152 Å². The van der Waals surface area contributed by atoms with E-state index in [-0.39, 0.29) is 5.91 Å². The molecule has 0 atom stereocenters. The van der Waals surface area contributed by atoms with Crippen molar-refractivity contribution in [2.45, 2.75) is 0 Å². The van der Waals surface area contributed by atoms with E-state index in [9.17, 15) is 9.59 Å². The molecule has 0 saturated carbocycles. The number of aromatic nitrogens is 1. The SMILES string of the molecule is COC(=O)c1ccc(N2CC[NH+](C)CC2)c(NC(=O)c2cccnc2)c1. The molecule has 0 unspecified atom stereocenters. The topological polar surface area (TPSA) is 76.0 Å². The Kier molecular flexibility index (Phi) is 5.48. The van der Waals surface area contributed by atoms with Gasteiger partial charge < -0.3 is 19.9 Å². The number of amides is 1. The van der Waals surface area contributed by atoms with Crippen molar-refractivity contribution in [3.8, 4) is 0 Å². The number of likely N-dealkylation sites (N-methyl/N-ethyl adjacent to an activating group) is 1. The number of ether oxygens (including phenoxy) is 1. The van der Waals surface area contributed by atoms with E-state index in [2.05, 4.69) is 22.2 Å². The van der Waals surface area contributed by atoms with Gasteiger partial charge in [-0.2, -0.15) is 0 Å². The average molecular weight is 355 g/mol. The van der Waals surface area contributed by atoms with E-state index in [0.717, 1.165) is 31.9 Å². The summed E-state index contributed by atoms with van der Waals surface area (Å²) in [6, 6.07) is 8.67. The summed E-state index contributed by atoms with van der Waals surface area (Å²) in [5.74, 6) is -0.697. The van der Waals surface area contributed by atoms with Crippen LogP contribution in [0.3, 0.4) is 0 Å². The highest BCUT2D eigenvalue weighted by molar-refractivity contribution is 6.06. The number of hydrogen-bond donors (Lipinski definition) is 2. The number of pyridine rings is 1. The summed E-state index contributed by atoms with van der Waals surface area (Å²) in [6.45, 7) is 3.82. The van der Waals surface area contributed by atoms with Crippen LogP contribution < -0.4 is 15.1 Å². The van der Waals surface area contributed by atoms with Crippen molar-refractivity contribution in [1.29, 1.82) is 0 Å². The van der Waals surface area contributed by atoms with Gasteiger partial charge in [-0.3, -0.25) is 9.78 Å². The quantitative estimate of drug-likeness (QED) is 0.779. The maximum atomic E-state index is 12.6. The number of hydrogen-bond acceptors (Lipinski definition) is 5. The zero-order valence-corrected chi connectivity index (χ0v) is 15.0. The van der Waals surface area contributed by atoms with Crippen LogP contribution in [0.15, 0.2) is 42.7 Å². The molecule has 1 saturated heterocycles. The standard InChI is InChI=1S/C19H22N4O3/c1-22-8-10-23(11-9-22)17-6-5-14(19(25)26-2)12-16(17)21-18(24)15-4-3-7-20-13-15/h3-7,12-13H,8-11H2,1-2H3,(H,21,24)/p+1. The minimum absolute atomic E-state index is 0.263. The lowest BCUT2D eigenvalue weighted by Gasteiger charge is -2.33. The molecule has 0 radical (unpaired) electrons. The molecule has 1 aliphatic rings. The molecule has 2 aromatic rings. The van der Waals surface area contributed by atoms with Gasteiger partial charge in [-0.05, 0) is 30.3 Å². The lowest BCUT2D eigenvalue weighted by atomic mass is 10.1. The highest BCUT2D eigenvalue weighted by Gasteiger charge is 2.21. The molecule has 1 amide bonds. The van der Waals surface area contributed by atoms with Gasteiger partial charge in [0.1, 0.15) is 0 Å². The van der Waals surface area contributed by atoms with Crippen molar-refractivity contribution in [1.82, 2.24) is 4.98 Å². The van der Waals surface area contributed by atoms with Gasteiger partial charge in [0.25, 0.3) is 5.91 Å². The molecule has 7 nitrogen and oxygen atoms in total. The number of quaternary nitrogens is 1. The van der Waals surface area contributed by atoms with Crippen LogP contribution in [0.2, 0.25) is 0 Å². The normalized spacial score (nSPS) is 14.8. The molecule has 2 heterocycles. The molecular formula is C19H23N4O3+. The van der Waals surface area contributed by atoms with E-state index in [1.54, 1.807) is 30.5 Å². The molecule has 0 aliphatic carbocycles. The summed E-state index contributed by atoms with van der Waals surface area (Å²) in [7, 11) is 3.51. The van der Waals surface area contributed by atoms with Crippen LogP contribution in [0.1, 0.15) is 20.7 Å². The van der Waals surface area contributed by atoms with E-state index >= 15 is 0 Å². The van der Waals surface area contributed by atoms with Crippen LogP contribution >= 0.6 is 0 Å². The molecule has 1 aromatic carbocycles. The molecule has 1 fully saturated rings. The van der Waals surface area contributed by atoms with E-state index in [1.165, 1.54) is 18.2 Å². The van der Waals surface area contributed by atoms with Crippen molar-refractivity contribution in [3.63, 3.8) is 0 Å². The Balaban J connectivity index is 1.91. The Bertz CT molecular complexity index is 787. The number of benzene rings is 1. The third-order valence-electron chi connectivity index (χ3n) is 4.55. The van der Waals surface area contributed by atoms with Gasteiger partial charge in [-0.15, -0.1) is 0 Å². The number of nitrogens with one attached hydrogen (secondary N) is 2. The third kappa shape index (κ3) is 4.00. The van der Waals surface area contributed by atoms with Crippen LogP contribution in [0.4, 0.5) is 11.4 Å². The highest BCUT2D eigenvalue weighted by atomic mass is 16.5. The van der Waals surface area contributed by atoms with Gasteiger partial charge in [0.05, 0.1) is 62.8 Å². The summed E-state index contributed by atoms with van der Waals surface area (Å²) >= 11 is 0. The molecule has 2 N–H and O–H groups in total. The molecule has 1 aliphatic heterocycles. The largest absolute Gasteiger partial charge is 0.465 e. The van der Waals surface area contributed by atoms with E-state index < -0.39 is 5.97 Å². The predicted octanol–water partition coefficient (Wildman–Crippen LogP) is 0.455. The second kappa shape index (κ2) is 7.97. The molecule has 26 heavy (non-hydrogen) atoms. The first-order valence-electron chi connectivity index (χ1n) is 8.58. The smallest absolute Gasteiger partial charge is 0.337 e. The summed E-state index contributed by atoms with van der Waals surface area (Å²) in [5, 5.41) is 2.92. The molecule has 7 heteroatoms. The fourth-order valence-electron chi connectivity index (χ4n) is 2.98. The lowest BCUT2D eigenvalue weighted by Crippen LogP contribution is -3.12. The number of rotatable bonds is 4. The number of carbonyl (C=O) groups is 2. The monoisotopic (exact) mass is 355 g/mol. The minimum atomic E-state index is -0.434. The maximum Gasteiger partial charge on any atom is 0.337 e. The third-order valence-corrected chi connectivity index (χ3v) is 4.55. The van der Waals surface area contributed by atoms with Crippen LogP contribution in [0.25, 0.3) is 0 Å². The molecule has 0 bridgehead atoms. The van der Waals surface area contributed by atoms with Gasteiger partial charge >= 0.3 is 5.97 Å². The Morgan fingerprint density at radius 1 is 1.19 bits per heavy atom. The minimum Gasteiger partial charge on any atom is -0.465 e. The number of methoxy groups -OCH3 is 1. The Morgan fingerprint density at radius 3 is 2.62 bits per heavy atom. The summed E-state index contributed by atoms with van der Waals surface area (Å²) in [6.07, 6.45) is 3.13.